The fraction of sp³-hybridized carbons (Fsp3) is 1.00. The molecule has 2 atom stereocenters. The van der Waals surface area contributed by atoms with Gasteiger partial charge < -0.3 is 10.2 Å². The predicted octanol–water partition coefficient (Wildman–Crippen LogP) is 0.621. The molecule has 1 fully saturated rings. The quantitative estimate of drug-likeness (QED) is 0.638. The molecule has 0 spiro atoms. The smallest absolute Gasteiger partial charge is 0.129 e. The van der Waals surface area contributed by atoms with Crippen LogP contribution in [-0.4, -0.2) is 34.6 Å². The molecule has 0 saturated carbocycles. The first kappa shape index (κ1) is 10.9. The Labute approximate surface area is 78.4 Å². The van der Waals surface area contributed by atoms with Crippen LogP contribution in [0.1, 0.15) is 33.1 Å². The Bertz CT molecular complexity index is 143. The van der Waals surface area contributed by atoms with Crippen molar-refractivity contribution in [2.45, 2.75) is 44.3 Å². The van der Waals surface area contributed by atoms with Crippen LogP contribution in [0.3, 0.4) is 0 Å². The summed E-state index contributed by atoms with van der Waals surface area (Å²) >= 11 is 0. The Kier molecular flexibility index (Phi) is 3.29. The Morgan fingerprint density at radius 2 is 1.38 bits per heavy atom. The van der Waals surface area contributed by atoms with E-state index in [-0.39, 0.29) is 13.2 Å². The third kappa shape index (κ3) is 1.86. The molecule has 4 nitrogen and oxygen atoms in total. The third-order valence-electron chi connectivity index (χ3n) is 2.90. The summed E-state index contributed by atoms with van der Waals surface area (Å²) in [6, 6.07) is 0. The molecule has 1 saturated heterocycles. The van der Waals surface area contributed by atoms with Gasteiger partial charge in [0.1, 0.15) is 11.2 Å². The molecule has 0 aromatic carbocycles. The van der Waals surface area contributed by atoms with Crippen LogP contribution in [0, 0.1) is 0 Å². The van der Waals surface area contributed by atoms with E-state index in [1.165, 1.54) is 0 Å². The van der Waals surface area contributed by atoms with Gasteiger partial charge in [-0.15, -0.1) is 0 Å². The fourth-order valence-electron chi connectivity index (χ4n) is 1.58. The van der Waals surface area contributed by atoms with E-state index in [1.807, 2.05) is 13.8 Å². The minimum Gasteiger partial charge on any atom is -0.393 e. The highest BCUT2D eigenvalue weighted by Crippen LogP contribution is 2.39. The van der Waals surface area contributed by atoms with Crippen LogP contribution in [0.5, 0.6) is 0 Å². The Morgan fingerprint density at radius 1 is 1.00 bits per heavy atom. The van der Waals surface area contributed by atoms with E-state index >= 15 is 0 Å². The zero-order valence-corrected chi connectivity index (χ0v) is 8.25. The van der Waals surface area contributed by atoms with E-state index in [9.17, 15) is 0 Å². The van der Waals surface area contributed by atoms with Crippen molar-refractivity contribution in [3.05, 3.63) is 0 Å². The first-order valence-electron chi connectivity index (χ1n) is 4.74. The molecule has 0 aliphatic carbocycles. The van der Waals surface area contributed by atoms with Crippen molar-refractivity contribution in [1.82, 2.24) is 0 Å². The third-order valence-corrected chi connectivity index (χ3v) is 2.90. The zero-order chi connectivity index (χ0) is 9.95. The van der Waals surface area contributed by atoms with Gasteiger partial charge in [0, 0.05) is 6.42 Å². The zero-order valence-electron chi connectivity index (χ0n) is 8.25. The molecule has 13 heavy (non-hydrogen) atoms. The van der Waals surface area contributed by atoms with Crippen molar-refractivity contribution in [1.29, 1.82) is 0 Å². The van der Waals surface area contributed by atoms with Crippen molar-refractivity contribution in [3.8, 4) is 0 Å². The van der Waals surface area contributed by atoms with Gasteiger partial charge in [0.2, 0.25) is 0 Å². The number of hydrogen-bond acceptors (Lipinski definition) is 4. The summed E-state index contributed by atoms with van der Waals surface area (Å²) < 4.78 is 0. The Morgan fingerprint density at radius 3 is 1.54 bits per heavy atom. The van der Waals surface area contributed by atoms with Gasteiger partial charge in [-0.3, -0.25) is 0 Å². The lowest BCUT2D eigenvalue weighted by Gasteiger charge is -2.23. The largest absolute Gasteiger partial charge is 0.393 e. The Hall–Kier alpha value is -0.160. The lowest BCUT2D eigenvalue weighted by Crippen LogP contribution is -2.37. The monoisotopic (exact) mass is 190 g/mol. The van der Waals surface area contributed by atoms with Crippen LogP contribution in [0.4, 0.5) is 0 Å². The highest BCUT2D eigenvalue weighted by molar-refractivity contribution is 4.93. The number of aliphatic hydroxyl groups is 2. The molecule has 0 amide bonds. The van der Waals surface area contributed by atoms with E-state index in [0.717, 1.165) is 0 Å². The summed E-state index contributed by atoms with van der Waals surface area (Å²) in [5.41, 5.74) is -1.22. The van der Waals surface area contributed by atoms with Gasteiger partial charge in [-0.05, 0) is 12.8 Å². The first-order chi connectivity index (χ1) is 6.16. The summed E-state index contributed by atoms with van der Waals surface area (Å²) in [7, 11) is 0. The molecule has 1 aliphatic rings. The summed E-state index contributed by atoms with van der Waals surface area (Å²) in [4.78, 5) is 10.3. The minimum absolute atomic E-state index is 0.0642. The maximum Gasteiger partial charge on any atom is 0.129 e. The van der Waals surface area contributed by atoms with Crippen molar-refractivity contribution in [2.75, 3.05) is 13.2 Å². The molecule has 78 valence electrons. The molecule has 0 radical (unpaired) electrons. The second-order valence-electron chi connectivity index (χ2n) is 3.73. The van der Waals surface area contributed by atoms with Gasteiger partial charge in [0.25, 0.3) is 0 Å². The molecular weight excluding hydrogens is 172 g/mol. The molecule has 0 bridgehead atoms. The van der Waals surface area contributed by atoms with Gasteiger partial charge in [0.15, 0.2) is 0 Å². The SMILES string of the molecule is CC[C@]1(CO)C[C@](CC)(CO)OO1. The first-order valence-corrected chi connectivity index (χ1v) is 4.74. The average molecular weight is 190 g/mol. The van der Waals surface area contributed by atoms with E-state index < -0.39 is 11.2 Å². The molecule has 1 heterocycles. The predicted molar refractivity (Wildman–Crippen MR) is 47.0 cm³/mol. The standard InChI is InChI=1S/C9H18O4/c1-3-8(6-10)5-9(4-2,7-11)13-12-8/h10-11H,3-7H2,1-2H3/t8-,9-/m1/s1. The molecule has 2 N–H and O–H groups in total. The Balaban J connectivity index is 2.69. The van der Waals surface area contributed by atoms with Crippen LogP contribution in [0.15, 0.2) is 0 Å². The van der Waals surface area contributed by atoms with Crippen molar-refractivity contribution in [2.24, 2.45) is 0 Å². The summed E-state index contributed by atoms with van der Waals surface area (Å²) in [5, 5.41) is 18.3. The van der Waals surface area contributed by atoms with Crippen LogP contribution in [-0.2, 0) is 9.78 Å². The highest BCUT2D eigenvalue weighted by Gasteiger charge is 2.49. The minimum atomic E-state index is -0.612. The molecule has 0 aromatic rings. The highest BCUT2D eigenvalue weighted by atomic mass is 17.2. The average Bonchev–Trinajstić information content (AvgIpc) is 2.59. The molecule has 0 unspecified atom stereocenters. The van der Waals surface area contributed by atoms with Gasteiger partial charge in [-0.1, -0.05) is 13.8 Å². The fourth-order valence-corrected chi connectivity index (χ4v) is 1.58. The summed E-state index contributed by atoms with van der Waals surface area (Å²) in [6.45, 7) is 3.74. The topological polar surface area (TPSA) is 58.9 Å². The van der Waals surface area contributed by atoms with Crippen molar-refractivity contribution >= 4 is 0 Å². The number of rotatable bonds is 4. The molecule has 1 rings (SSSR count). The van der Waals surface area contributed by atoms with E-state index in [4.69, 9.17) is 20.0 Å². The summed E-state index contributed by atoms with van der Waals surface area (Å²) in [6.07, 6.45) is 1.93. The van der Waals surface area contributed by atoms with Crippen molar-refractivity contribution < 1.29 is 20.0 Å². The van der Waals surface area contributed by atoms with Gasteiger partial charge in [-0.2, -0.15) is 0 Å². The second kappa shape index (κ2) is 3.92. The normalized spacial score (nSPS) is 39.7. The lowest BCUT2D eigenvalue weighted by molar-refractivity contribution is -0.358. The maximum absolute atomic E-state index is 9.15. The number of hydrogen-bond donors (Lipinski definition) is 2. The van der Waals surface area contributed by atoms with Crippen LogP contribution in [0.2, 0.25) is 0 Å². The van der Waals surface area contributed by atoms with E-state index in [0.29, 0.717) is 19.3 Å². The van der Waals surface area contributed by atoms with Crippen LogP contribution < -0.4 is 0 Å². The van der Waals surface area contributed by atoms with Crippen LogP contribution >= 0.6 is 0 Å². The van der Waals surface area contributed by atoms with E-state index in [1.54, 1.807) is 0 Å². The summed E-state index contributed by atoms with van der Waals surface area (Å²) in [5.74, 6) is 0. The van der Waals surface area contributed by atoms with Crippen LogP contribution in [0.25, 0.3) is 0 Å². The maximum atomic E-state index is 9.15. The molecular formula is C9H18O4. The lowest BCUT2D eigenvalue weighted by atomic mass is 9.85. The van der Waals surface area contributed by atoms with Gasteiger partial charge in [0.05, 0.1) is 13.2 Å². The number of aliphatic hydroxyl groups excluding tert-OH is 2. The molecule has 4 heteroatoms. The molecule has 0 aromatic heterocycles. The molecule has 1 aliphatic heterocycles. The van der Waals surface area contributed by atoms with Gasteiger partial charge >= 0.3 is 0 Å². The van der Waals surface area contributed by atoms with E-state index in [2.05, 4.69) is 0 Å². The van der Waals surface area contributed by atoms with Gasteiger partial charge in [-0.25, -0.2) is 9.78 Å². The second-order valence-corrected chi connectivity index (χ2v) is 3.73. The van der Waals surface area contributed by atoms with Crippen molar-refractivity contribution in [3.63, 3.8) is 0 Å².